The summed E-state index contributed by atoms with van der Waals surface area (Å²) in [4.78, 5) is 4.57. The maximum absolute atomic E-state index is 5.99. The topological polar surface area (TPSA) is 38.9 Å². The van der Waals surface area contributed by atoms with E-state index in [-0.39, 0.29) is 0 Å². The van der Waals surface area contributed by atoms with Gasteiger partial charge in [0.25, 0.3) is 0 Å². The van der Waals surface area contributed by atoms with Crippen LogP contribution in [-0.2, 0) is 6.54 Å². The van der Waals surface area contributed by atoms with E-state index in [0.29, 0.717) is 12.5 Å². The number of pyridine rings is 1. The standard InChI is InChI=1S/C19H19ClN2/c1-12(2)14-5-8-16-17(9-14)19(10-21)22-11-18(16)13-3-6-15(20)7-4-13/h3-9,11-12H,10,21H2,1-2H3. The van der Waals surface area contributed by atoms with Gasteiger partial charge in [0.15, 0.2) is 0 Å². The van der Waals surface area contributed by atoms with Crippen LogP contribution in [0.3, 0.4) is 0 Å². The lowest BCUT2D eigenvalue weighted by Gasteiger charge is -2.13. The van der Waals surface area contributed by atoms with Gasteiger partial charge in [-0.05, 0) is 40.6 Å². The van der Waals surface area contributed by atoms with Crippen molar-refractivity contribution in [2.75, 3.05) is 0 Å². The Morgan fingerprint density at radius 3 is 2.41 bits per heavy atom. The summed E-state index contributed by atoms with van der Waals surface area (Å²) < 4.78 is 0. The molecule has 0 bridgehead atoms. The molecule has 0 amide bonds. The van der Waals surface area contributed by atoms with Crippen molar-refractivity contribution in [2.45, 2.75) is 26.3 Å². The SMILES string of the molecule is CC(C)c1ccc2c(-c3ccc(Cl)cc3)cnc(CN)c2c1. The molecule has 0 aliphatic heterocycles. The van der Waals surface area contributed by atoms with E-state index in [9.17, 15) is 0 Å². The van der Waals surface area contributed by atoms with Crippen LogP contribution in [0.15, 0.2) is 48.7 Å². The molecule has 3 rings (SSSR count). The summed E-state index contributed by atoms with van der Waals surface area (Å²) in [6.45, 7) is 4.83. The average molecular weight is 311 g/mol. The fraction of sp³-hybridized carbons (Fsp3) is 0.211. The molecule has 0 aliphatic carbocycles. The molecule has 2 aromatic carbocycles. The number of hydrogen-bond donors (Lipinski definition) is 1. The number of nitrogens with zero attached hydrogens (tertiary/aromatic N) is 1. The van der Waals surface area contributed by atoms with Gasteiger partial charge in [-0.1, -0.05) is 49.7 Å². The van der Waals surface area contributed by atoms with Crippen molar-refractivity contribution >= 4 is 22.4 Å². The van der Waals surface area contributed by atoms with E-state index in [1.807, 2.05) is 30.5 Å². The van der Waals surface area contributed by atoms with Gasteiger partial charge in [-0.3, -0.25) is 4.98 Å². The Hall–Kier alpha value is -1.90. The number of nitrogens with two attached hydrogens (primary N) is 1. The Balaban J connectivity index is 2.26. The van der Waals surface area contributed by atoms with Gasteiger partial charge in [0.2, 0.25) is 0 Å². The molecular formula is C19H19ClN2. The van der Waals surface area contributed by atoms with Gasteiger partial charge in [0.1, 0.15) is 0 Å². The Labute approximate surface area is 135 Å². The summed E-state index contributed by atoms with van der Waals surface area (Å²) in [5.41, 5.74) is 10.3. The van der Waals surface area contributed by atoms with Crippen LogP contribution in [0, 0.1) is 0 Å². The zero-order valence-corrected chi connectivity index (χ0v) is 13.6. The van der Waals surface area contributed by atoms with Gasteiger partial charge < -0.3 is 5.73 Å². The van der Waals surface area contributed by atoms with Crippen molar-refractivity contribution in [3.8, 4) is 11.1 Å². The Morgan fingerprint density at radius 1 is 1.05 bits per heavy atom. The van der Waals surface area contributed by atoms with Crippen molar-refractivity contribution in [2.24, 2.45) is 5.73 Å². The van der Waals surface area contributed by atoms with Crippen LogP contribution in [0.2, 0.25) is 5.02 Å². The van der Waals surface area contributed by atoms with Gasteiger partial charge >= 0.3 is 0 Å². The normalized spacial score (nSPS) is 11.3. The molecule has 1 heterocycles. The molecule has 0 spiro atoms. The van der Waals surface area contributed by atoms with Gasteiger partial charge in [-0.2, -0.15) is 0 Å². The molecule has 112 valence electrons. The number of halogens is 1. The van der Waals surface area contributed by atoms with Crippen molar-refractivity contribution in [1.82, 2.24) is 4.98 Å². The first kappa shape index (κ1) is 15.0. The summed E-state index contributed by atoms with van der Waals surface area (Å²) in [5.74, 6) is 0.481. The molecule has 2 N–H and O–H groups in total. The minimum Gasteiger partial charge on any atom is -0.325 e. The lowest BCUT2D eigenvalue weighted by atomic mass is 9.94. The van der Waals surface area contributed by atoms with Crippen LogP contribution >= 0.6 is 11.6 Å². The lowest BCUT2D eigenvalue weighted by molar-refractivity contribution is 0.868. The third-order valence-corrected chi connectivity index (χ3v) is 4.26. The molecule has 0 saturated heterocycles. The van der Waals surface area contributed by atoms with E-state index in [1.54, 1.807) is 0 Å². The second-order valence-electron chi connectivity index (χ2n) is 5.79. The van der Waals surface area contributed by atoms with Crippen molar-refractivity contribution in [3.05, 3.63) is 64.9 Å². The highest BCUT2D eigenvalue weighted by molar-refractivity contribution is 6.30. The molecule has 0 unspecified atom stereocenters. The number of benzene rings is 2. The molecule has 1 aromatic heterocycles. The maximum atomic E-state index is 5.99. The van der Waals surface area contributed by atoms with E-state index in [2.05, 4.69) is 37.0 Å². The predicted octanol–water partition coefficient (Wildman–Crippen LogP) is 5.14. The van der Waals surface area contributed by atoms with Gasteiger partial charge in [0.05, 0.1) is 5.69 Å². The maximum Gasteiger partial charge on any atom is 0.0618 e. The molecule has 2 nitrogen and oxygen atoms in total. The largest absolute Gasteiger partial charge is 0.325 e. The Kier molecular flexibility index (Phi) is 4.14. The van der Waals surface area contributed by atoms with E-state index in [1.165, 1.54) is 10.9 Å². The summed E-state index contributed by atoms with van der Waals surface area (Å²) in [5, 5.41) is 3.06. The van der Waals surface area contributed by atoms with Crippen LogP contribution in [0.4, 0.5) is 0 Å². The monoisotopic (exact) mass is 310 g/mol. The second-order valence-corrected chi connectivity index (χ2v) is 6.23. The third-order valence-electron chi connectivity index (χ3n) is 4.01. The molecule has 3 heteroatoms. The highest BCUT2D eigenvalue weighted by Gasteiger charge is 2.10. The number of fused-ring (bicyclic) bond motifs is 1. The van der Waals surface area contributed by atoms with Crippen molar-refractivity contribution in [3.63, 3.8) is 0 Å². The minimum absolute atomic E-state index is 0.443. The Bertz CT molecular complexity index is 808. The zero-order valence-electron chi connectivity index (χ0n) is 12.8. The molecule has 0 fully saturated rings. The third kappa shape index (κ3) is 2.72. The summed E-state index contributed by atoms with van der Waals surface area (Å²) in [6.07, 6.45) is 1.91. The average Bonchev–Trinajstić information content (AvgIpc) is 2.54. The predicted molar refractivity (Wildman–Crippen MR) is 94.2 cm³/mol. The van der Waals surface area contributed by atoms with E-state index in [0.717, 1.165) is 27.2 Å². The Morgan fingerprint density at radius 2 is 1.77 bits per heavy atom. The first-order chi connectivity index (χ1) is 10.6. The van der Waals surface area contributed by atoms with E-state index >= 15 is 0 Å². The van der Waals surface area contributed by atoms with Crippen LogP contribution in [0.1, 0.15) is 31.0 Å². The second kappa shape index (κ2) is 6.07. The van der Waals surface area contributed by atoms with Crippen molar-refractivity contribution < 1.29 is 0 Å². The summed E-state index contributed by atoms with van der Waals surface area (Å²) >= 11 is 5.99. The van der Waals surface area contributed by atoms with Gasteiger partial charge in [0, 0.05) is 28.7 Å². The quantitative estimate of drug-likeness (QED) is 0.727. The van der Waals surface area contributed by atoms with Crippen LogP contribution in [-0.4, -0.2) is 4.98 Å². The van der Waals surface area contributed by atoms with Crippen LogP contribution in [0.25, 0.3) is 21.9 Å². The number of rotatable bonds is 3. The molecule has 3 aromatic rings. The summed E-state index contributed by atoms with van der Waals surface area (Å²) in [6, 6.07) is 14.4. The van der Waals surface area contributed by atoms with Crippen LogP contribution < -0.4 is 5.73 Å². The van der Waals surface area contributed by atoms with Gasteiger partial charge in [-0.25, -0.2) is 0 Å². The smallest absolute Gasteiger partial charge is 0.0618 e. The number of hydrogen-bond acceptors (Lipinski definition) is 2. The zero-order chi connectivity index (χ0) is 15.7. The lowest BCUT2D eigenvalue weighted by Crippen LogP contribution is -2.02. The number of aromatic nitrogens is 1. The highest BCUT2D eigenvalue weighted by atomic mass is 35.5. The fourth-order valence-electron chi connectivity index (χ4n) is 2.70. The minimum atomic E-state index is 0.443. The first-order valence-corrected chi connectivity index (χ1v) is 7.85. The fourth-order valence-corrected chi connectivity index (χ4v) is 2.82. The summed E-state index contributed by atoms with van der Waals surface area (Å²) in [7, 11) is 0. The molecule has 0 atom stereocenters. The molecular weight excluding hydrogens is 292 g/mol. The van der Waals surface area contributed by atoms with Gasteiger partial charge in [-0.15, -0.1) is 0 Å². The first-order valence-electron chi connectivity index (χ1n) is 7.47. The molecule has 0 aliphatic rings. The molecule has 22 heavy (non-hydrogen) atoms. The van der Waals surface area contributed by atoms with E-state index < -0.39 is 0 Å². The van der Waals surface area contributed by atoms with E-state index in [4.69, 9.17) is 17.3 Å². The molecule has 0 radical (unpaired) electrons. The highest BCUT2D eigenvalue weighted by Crippen LogP contribution is 2.32. The molecule has 0 saturated carbocycles. The van der Waals surface area contributed by atoms with Crippen LogP contribution in [0.5, 0.6) is 0 Å². The van der Waals surface area contributed by atoms with Crippen molar-refractivity contribution in [1.29, 1.82) is 0 Å².